The Morgan fingerprint density at radius 1 is 1.29 bits per heavy atom. The fraction of sp³-hybridized carbons (Fsp3) is 0.267. The van der Waals surface area contributed by atoms with Crippen LogP contribution >= 0.6 is 0 Å². The summed E-state index contributed by atoms with van der Waals surface area (Å²) >= 11 is 0. The molecular formula is C15H14F3NO5. The van der Waals surface area contributed by atoms with Gasteiger partial charge in [-0.05, 0) is 18.6 Å². The number of alkyl halides is 3. The van der Waals surface area contributed by atoms with Crippen LogP contribution in [0.5, 0.6) is 0 Å². The lowest BCUT2D eigenvalue weighted by atomic mass is 10.1. The van der Waals surface area contributed by atoms with E-state index >= 15 is 0 Å². The predicted octanol–water partition coefficient (Wildman–Crippen LogP) is 1.90. The molecule has 0 heterocycles. The van der Waals surface area contributed by atoms with Crippen LogP contribution in [0.4, 0.5) is 13.2 Å². The van der Waals surface area contributed by atoms with Crippen LogP contribution in [0, 0.1) is 0 Å². The third-order valence-corrected chi connectivity index (χ3v) is 2.68. The lowest BCUT2D eigenvalue weighted by molar-refractivity contribution is -0.173. The summed E-state index contributed by atoms with van der Waals surface area (Å²) < 4.78 is 40.8. The van der Waals surface area contributed by atoms with Gasteiger partial charge in [0.1, 0.15) is 5.76 Å². The molecule has 0 spiro atoms. The molecule has 130 valence electrons. The quantitative estimate of drug-likeness (QED) is 0.355. The Morgan fingerprint density at radius 3 is 2.54 bits per heavy atom. The molecule has 0 saturated heterocycles. The zero-order chi connectivity index (χ0) is 18.3. The summed E-state index contributed by atoms with van der Waals surface area (Å²) in [6.07, 6.45) is -4.35. The minimum atomic E-state index is -4.99. The second-order valence-electron chi connectivity index (χ2n) is 4.50. The molecule has 9 heteroatoms. The number of carbonyl (C=O) groups excluding carboxylic acids is 3. The SMILES string of the molecule is CCOC(=O)C(=O)C=C(O)c1cccc(CNC(=O)C(F)(F)F)c1. The number of aliphatic hydroxyl groups is 1. The van der Waals surface area contributed by atoms with E-state index in [0.717, 1.165) is 0 Å². The van der Waals surface area contributed by atoms with Crippen LogP contribution in [-0.2, 0) is 25.7 Å². The number of hydrogen-bond donors (Lipinski definition) is 2. The molecule has 24 heavy (non-hydrogen) atoms. The molecule has 0 aromatic heterocycles. The van der Waals surface area contributed by atoms with Crippen LogP contribution in [0.2, 0.25) is 0 Å². The molecule has 1 rings (SSSR count). The summed E-state index contributed by atoms with van der Waals surface area (Å²) in [5.74, 6) is -4.87. The molecule has 6 nitrogen and oxygen atoms in total. The molecule has 1 amide bonds. The molecule has 0 fully saturated rings. The summed E-state index contributed by atoms with van der Waals surface area (Å²) in [6.45, 7) is 1.08. The fourth-order valence-corrected chi connectivity index (χ4v) is 1.59. The van der Waals surface area contributed by atoms with E-state index in [2.05, 4.69) is 4.74 Å². The van der Waals surface area contributed by atoms with E-state index in [-0.39, 0.29) is 17.7 Å². The standard InChI is InChI=1S/C15H14F3NO5/c1-2-24-13(22)12(21)7-11(20)10-5-3-4-9(6-10)8-19-14(23)15(16,17)18/h3-7,20H,2,8H2,1H3,(H,19,23). The highest BCUT2D eigenvalue weighted by molar-refractivity contribution is 6.39. The Kier molecular flexibility index (Phi) is 6.51. The van der Waals surface area contributed by atoms with Gasteiger partial charge in [-0.15, -0.1) is 0 Å². The monoisotopic (exact) mass is 345 g/mol. The molecule has 1 aromatic carbocycles. The first-order valence-corrected chi connectivity index (χ1v) is 6.71. The van der Waals surface area contributed by atoms with Gasteiger partial charge in [0.25, 0.3) is 5.78 Å². The van der Waals surface area contributed by atoms with E-state index in [0.29, 0.717) is 6.08 Å². The van der Waals surface area contributed by atoms with E-state index in [1.807, 2.05) is 0 Å². The van der Waals surface area contributed by atoms with E-state index in [9.17, 15) is 32.7 Å². The molecular weight excluding hydrogens is 331 g/mol. The molecule has 0 atom stereocenters. The van der Waals surface area contributed by atoms with Gasteiger partial charge in [0.2, 0.25) is 0 Å². The van der Waals surface area contributed by atoms with E-state index in [1.165, 1.54) is 31.2 Å². The minimum absolute atomic E-state index is 0.00639. The van der Waals surface area contributed by atoms with Gasteiger partial charge >= 0.3 is 18.1 Å². The zero-order valence-corrected chi connectivity index (χ0v) is 12.5. The summed E-state index contributed by atoms with van der Waals surface area (Å²) in [5, 5.41) is 11.5. The first-order valence-electron chi connectivity index (χ1n) is 6.71. The summed E-state index contributed by atoms with van der Waals surface area (Å²) in [7, 11) is 0. The zero-order valence-electron chi connectivity index (χ0n) is 12.5. The second-order valence-corrected chi connectivity index (χ2v) is 4.50. The third kappa shape index (κ3) is 5.75. The maximum atomic E-state index is 12.1. The molecule has 0 saturated carbocycles. The van der Waals surface area contributed by atoms with Gasteiger partial charge in [-0.3, -0.25) is 9.59 Å². The molecule has 0 unspecified atom stereocenters. The number of carbonyl (C=O) groups is 3. The average Bonchev–Trinajstić information content (AvgIpc) is 2.52. The average molecular weight is 345 g/mol. The van der Waals surface area contributed by atoms with Crippen molar-refractivity contribution in [3.05, 3.63) is 41.5 Å². The second kappa shape index (κ2) is 8.14. The normalized spacial score (nSPS) is 11.8. The molecule has 2 N–H and O–H groups in total. The Bertz CT molecular complexity index is 667. The first kappa shape index (κ1) is 19.2. The highest BCUT2D eigenvalue weighted by Gasteiger charge is 2.38. The summed E-state index contributed by atoms with van der Waals surface area (Å²) in [4.78, 5) is 33.3. The van der Waals surface area contributed by atoms with Crippen LogP contribution in [0.15, 0.2) is 30.3 Å². The number of halogens is 3. The molecule has 0 aliphatic heterocycles. The Hall–Kier alpha value is -2.84. The van der Waals surface area contributed by atoms with Gasteiger partial charge in [0.15, 0.2) is 0 Å². The number of amides is 1. The highest BCUT2D eigenvalue weighted by atomic mass is 19.4. The topological polar surface area (TPSA) is 92.7 Å². The van der Waals surface area contributed by atoms with E-state index < -0.39 is 36.1 Å². The molecule has 0 aliphatic rings. The van der Waals surface area contributed by atoms with Crippen molar-refractivity contribution < 1.29 is 37.4 Å². The van der Waals surface area contributed by atoms with Crippen LogP contribution in [0.1, 0.15) is 18.1 Å². The number of hydrogen-bond acceptors (Lipinski definition) is 5. The lowest BCUT2D eigenvalue weighted by Gasteiger charge is -2.09. The van der Waals surface area contributed by atoms with Gasteiger partial charge in [-0.1, -0.05) is 18.2 Å². The lowest BCUT2D eigenvalue weighted by Crippen LogP contribution is -2.36. The van der Waals surface area contributed by atoms with E-state index in [1.54, 1.807) is 5.32 Å². The van der Waals surface area contributed by atoms with Crippen molar-refractivity contribution >= 4 is 23.4 Å². The summed E-state index contributed by atoms with van der Waals surface area (Å²) in [6, 6.07) is 5.46. The van der Waals surface area contributed by atoms with Crippen molar-refractivity contribution in [2.75, 3.05) is 6.61 Å². The molecule has 0 radical (unpaired) electrons. The smallest absolute Gasteiger partial charge is 0.471 e. The number of benzene rings is 1. The van der Waals surface area contributed by atoms with Crippen molar-refractivity contribution in [3.63, 3.8) is 0 Å². The number of ketones is 1. The van der Waals surface area contributed by atoms with Crippen LogP contribution in [0.3, 0.4) is 0 Å². The van der Waals surface area contributed by atoms with Crippen LogP contribution in [-0.4, -0.2) is 35.5 Å². The number of aliphatic hydroxyl groups excluding tert-OH is 1. The van der Waals surface area contributed by atoms with Gasteiger partial charge in [0, 0.05) is 18.2 Å². The number of rotatable bonds is 6. The third-order valence-electron chi connectivity index (χ3n) is 2.68. The van der Waals surface area contributed by atoms with Gasteiger partial charge < -0.3 is 15.2 Å². The molecule has 0 aliphatic carbocycles. The molecule has 1 aromatic rings. The summed E-state index contributed by atoms with van der Waals surface area (Å²) in [5.41, 5.74) is 0.347. The predicted molar refractivity (Wildman–Crippen MR) is 76.6 cm³/mol. The number of nitrogens with one attached hydrogen (secondary N) is 1. The van der Waals surface area contributed by atoms with Crippen molar-refractivity contribution in [1.82, 2.24) is 5.32 Å². The Morgan fingerprint density at radius 2 is 1.96 bits per heavy atom. The Balaban J connectivity index is 2.82. The first-order chi connectivity index (χ1) is 11.1. The van der Waals surface area contributed by atoms with Gasteiger partial charge in [-0.25, -0.2) is 4.79 Å². The molecule has 0 bridgehead atoms. The Labute approximate surface area is 134 Å². The van der Waals surface area contributed by atoms with E-state index in [4.69, 9.17) is 0 Å². The maximum Gasteiger partial charge on any atom is 0.471 e. The van der Waals surface area contributed by atoms with Crippen molar-refractivity contribution in [1.29, 1.82) is 0 Å². The fourth-order valence-electron chi connectivity index (χ4n) is 1.59. The van der Waals surface area contributed by atoms with Crippen LogP contribution < -0.4 is 5.32 Å². The van der Waals surface area contributed by atoms with Gasteiger partial charge in [-0.2, -0.15) is 13.2 Å². The number of esters is 1. The van der Waals surface area contributed by atoms with Crippen molar-refractivity contribution in [3.8, 4) is 0 Å². The maximum absolute atomic E-state index is 12.1. The van der Waals surface area contributed by atoms with Crippen molar-refractivity contribution in [2.45, 2.75) is 19.6 Å². The largest absolute Gasteiger partial charge is 0.507 e. The van der Waals surface area contributed by atoms with Crippen molar-refractivity contribution in [2.24, 2.45) is 0 Å². The highest BCUT2D eigenvalue weighted by Crippen LogP contribution is 2.16. The number of ether oxygens (including phenoxy) is 1. The van der Waals surface area contributed by atoms with Crippen LogP contribution in [0.25, 0.3) is 5.76 Å². The van der Waals surface area contributed by atoms with Gasteiger partial charge in [0.05, 0.1) is 6.61 Å². The minimum Gasteiger partial charge on any atom is -0.507 e.